The number of pyridine rings is 1. The Labute approximate surface area is 187 Å². The standard InChI is InChI=1S/C23H18N8S/c1-14(31-23-22(28-29-31)25-11-21(27-23)16-5-6-32-13-16)15-3-4-20-17(7-15)8-18(9-24-20)19-10-26-30(2)12-19/h3-14H,1-2H3. The number of hydrogen-bond acceptors (Lipinski definition) is 7. The summed E-state index contributed by atoms with van der Waals surface area (Å²) in [5.41, 5.74) is 7.18. The van der Waals surface area contributed by atoms with Crippen LogP contribution in [0, 0.1) is 0 Å². The molecule has 0 aliphatic carbocycles. The summed E-state index contributed by atoms with van der Waals surface area (Å²) in [7, 11) is 1.91. The number of aromatic nitrogens is 8. The highest BCUT2D eigenvalue weighted by atomic mass is 32.1. The summed E-state index contributed by atoms with van der Waals surface area (Å²) in [6.07, 6.45) is 7.46. The van der Waals surface area contributed by atoms with Crippen molar-refractivity contribution in [2.75, 3.05) is 0 Å². The lowest BCUT2D eigenvalue weighted by molar-refractivity contribution is 0.556. The lowest BCUT2D eigenvalue weighted by atomic mass is 10.0. The predicted molar refractivity (Wildman–Crippen MR) is 124 cm³/mol. The fourth-order valence-electron chi connectivity index (χ4n) is 3.82. The Bertz CT molecular complexity index is 1560. The van der Waals surface area contributed by atoms with Gasteiger partial charge in [0.2, 0.25) is 5.65 Å². The predicted octanol–water partition coefficient (Wildman–Crippen LogP) is 4.51. The third-order valence-corrected chi connectivity index (χ3v) is 6.28. The summed E-state index contributed by atoms with van der Waals surface area (Å²) in [6, 6.07) is 10.4. The van der Waals surface area contributed by atoms with Gasteiger partial charge < -0.3 is 0 Å². The summed E-state index contributed by atoms with van der Waals surface area (Å²) in [5, 5.41) is 18.0. The normalized spacial score (nSPS) is 12.6. The zero-order valence-electron chi connectivity index (χ0n) is 17.4. The number of nitrogens with zero attached hydrogens (tertiary/aromatic N) is 8. The van der Waals surface area contributed by atoms with E-state index in [4.69, 9.17) is 4.98 Å². The molecular weight excluding hydrogens is 420 g/mol. The van der Waals surface area contributed by atoms with Gasteiger partial charge >= 0.3 is 0 Å². The van der Waals surface area contributed by atoms with Gasteiger partial charge in [0.05, 0.1) is 29.6 Å². The highest BCUT2D eigenvalue weighted by Crippen LogP contribution is 2.28. The van der Waals surface area contributed by atoms with Gasteiger partial charge in [-0.15, -0.1) is 5.10 Å². The summed E-state index contributed by atoms with van der Waals surface area (Å²) in [6.45, 7) is 2.09. The van der Waals surface area contributed by atoms with Crippen molar-refractivity contribution in [3.05, 3.63) is 71.4 Å². The van der Waals surface area contributed by atoms with Crippen LogP contribution >= 0.6 is 11.3 Å². The zero-order chi connectivity index (χ0) is 21.7. The highest BCUT2D eigenvalue weighted by molar-refractivity contribution is 7.08. The van der Waals surface area contributed by atoms with Crippen molar-refractivity contribution < 1.29 is 0 Å². The molecule has 5 aromatic heterocycles. The molecule has 0 saturated heterocycles. The van der Waals surface area contributed by atoms with E-state index < -0.39 is 0 Å². The van der Waals surface area contributed by atoms with Crippen molar-refractivity contribution in [1.82, 2.24) is 39.7 Å². The third kappa shape index (κ3) is 3.14. The number of thiophene rings is 1. The fraction of sp³-hybridized carbons (Fsp3) is 0.130. The van der Waals surface area contributed by atoms with E-state index in [0.717, 1.165) is 38.9 Å². The minimum atomic E-state index is -0.0709. The molecule has 0 fully saturated rings. The van der Waals surface area contributed by atoms with Gasteiger partial charge in [0, 0.05) is 46.9 Å². The maximum atomic E-state index is 4.80. The van der Waals surface area contributed by atoms with E-state index in [-0.39, 0.29) is 6.04 Å². The molecular formula is C23H18N8S. The SMILES string of the molecule is CC(c1ccc2ncc(-c3cnn(C)c3)cc2c1)n1nnc2ncc(-c3ccsc3)nc21. The van der Waals surface area contributed by atoms with Crippen LogP contribution in [0.4, 0.5) is 0 Å². The van der Waals surface area contributed by atoms with Crippen molar-refractivity contribution in [3.8, 4) is 22.4 Å². The monoisotopic (exact) mass is 438 g/mol. The highest BCUT2D eigenvalue weighted by Gasteiger charge is 2.17. The first kappa shape index (κ1) is 18.8. The maximum absolute atomic E-state index is 4.80. The van der Waals surface area contributed by atoms with Gasteiger partial charge in [-0.2, -0.15) is 16.4 Å². The van der Waals surface area contributed by atoms with E-state index in [1.807, 2.05) is 47.8 Å². The Morgan fingerprint density at radius 2 is 1.91 bits per heavy atom. The van der Waals surface area contributed by atoms with Crippen molar-refractivity contribution in [1.29, 1.82) is 0 Å². The summed E-state index contributed by atoms with van der Waals surface area (Å²) in [5.74, 6) is 0. The Hall–Kier alpha value is -3.98. The minimum Gasteiger partial charge on any atom is -0.275 e. The molecule has 0 saturated carbocycles. The van der Waals surface area contributed by atoms with E-state index in [1.54, 1.807) is 22.2 Å². The smallest absolute Gasteiger partial charge is 0.221 e. The first-order valence-electron chi connectivity index (χ1n) is 10.1. The van der Waals surface area contributed by atoms with E-state index >= 15 is 0 Å². The van der Waals surface area contributed by atoms with E-state index in [2.05, 4.69) is 55.9 Å². The number of fused-ring (bicyclic) bond motifs is 2. The molecule has 1 atom stereocenters. The zero-order valence-corrected chi connectivity index (χ0v) is 18.2. The number of rotatable bonds is 4. The Morgan fingerprint density at radius 1 is 0.969 bits per heavy atom. The van der Waals surface area contributed by atoms with Crippen molar-refractivity contribution in [2.24, 2.45) is 7.05 Å². The Morgan fingerprint density at radius 3 is 2.72 bits per heavy atom. The summed E-state index contributed by atoms with van der Waals surface area (Å²) >= 11 is 1.63. The molecule has 9 heteroatoms. The average Bonchev–Trinajstić information content (AvgIpc) is 3.58. The second kappa shape index (κ2) is 7.31. The van der Waals surface area contributed by atoms with Crippen molar-refractivity contribution in [2.45, 2.75) is 13.0 Å². The van der Waals surface area contributed by atoms with Crippen LogP contribution < -0.4 is 0 Å². The molecule has 6 aromatic rings. The third-order valence-electron chi connectivity index (χ3n) is 5.60. The number of hydrogen-bond donors (Lipinski definition) is 0. The molecule has 5 heterocycles. The molecule has 0 amide bonds. The van der Waals surface area contributed by atoms with Gasteiger partial charge in [0.1, 0.15) is 0 Å². The summed E-state index contributed by atoms with van der Waals surface area (Å²) < 4.78 is 3.62. The van der Waals surface area contributed by atoms with Gasteiger partial charge in [-0.3, -0.25) is 9.67 Å². The van der Waals surface area contributed by atoms with E-state index in [0.29, 0.717) is 11.3 Å². The van der Waals surface area contributed by atoms with Crippen LogP contribution in [0.1, 0.15) is 18.5 Å². The largest absolute Gasteiger partial charge is 0.275 e. The van der Waals surface area contributed by atoms with Gasteiger partial charge in [-0.1, -0.05) is 11.3 Å². The second-order valence-electron chi connectivity index (χ2n) is 7.70. The Balaban J connectivity index is 1.41. The van der Waals surface area contributed by atoms with Gasteiger partial charge in [0.25, 0.3) is 0 Å². The maximum Gasteiger partial charge on any atom is 0.221 e. The molecule has 32 heavy (non-hydrogen) atoms. The molecule has 0 N–H and O–H groups in total. The van der Waals surface area contributed by atoms with Gasteiger partial charge in [-0.05, 0) is 42.1 Å². The molecule has 1 unspecified atom stereocenters. The number of aryl methyl sites for hydroxylation is 1. The quantitative estimate of drug-likeness (QED) is 0.402. The first-order valence-corrected chi connectivity index (χ1v) is 11.1. The molecule has 0 spiro atoms. The van der Waals surface area contributed by atoms with Crippen LogP contribution in [-0.4, -0.2) is 39.7 Å². The van der Waals surface area contributed by atoms with E-state index in [1.165, 1.54) is 0 Å². The van der Waals surface area contributed by atoms with Gasteiger partial charge in [0.15, 0.2) is 5.65 Å². The molecule has 0 radical (unpaired) electrons. The minimum absolute atomic E-state index is 0.0709. The molecule has 1 aromatic carbocycles. The van der Waals surface area contributed by atoms with Crippen LogP contribution in [-0.2, 0) is 7.05 Å². The molecule has 6 rings (SSSR count). The van der Waals surface area contributed by atoms with Crippen molar-refractivity contribution >= 4 is 33.5 Å². The molecule has 156 valence electrons. The van der Waals surface area contributed by atoms with Crippen LogP contribution in [0.5, 0.6) is 0 Å². The topological polar surface area (TPSA) is 87.2 Å². The lowest BCUT2D eigenvalue weighted by Gasteiger charge is -2.13. The van der Waals surface area contributed by atoms with E-state index in [9.17, 15) is 0 Å². The fourth-order valence-corrected chi connectivity index (χ4v) is 4.47. The average molecular weight is 439 g/mol. The second-order valence-corrected chi connectivity index (χ2v) is 8.48. The molecule has 8 nitrogen and oxygen atoms in total. The molecule has 0 aliphatic rings. The van der Waals surface area contributed by atoms with Crippen LogP contribution in [0.2, 0.25) is 0 Å². The van der Waals surface area contributed by atoms with Crippen LogP contribution in [0.15, 0.2) is 65.9 Å². The molecule has 0 aliphatic heterocycles. The number of benzene rings is 1. The Kier molecular flexibility index (Phi) is 4.29. The van der Waals surface area contributed by atoms with Gasteiger partial charge in [-0.25, -0.2) is 14.6 Å². The first-order chi connectivity index (χ1) is 15.7. The van der Waals surface area contributed by atoms with Crippen LogP contribution in [0.25, 0.3) is 44.6 Å². The lowest BCUT2D eigenvalue weighted by Crippen LogP contribution is -2.09. The van der Waals surface area contributed by atoms with Crippen molar-refractivity contribution in [3.63, 3.8) is 0 Å². The summed E-state index contributed by atoms with van der Waals surface area (Å²) in [4.78, 5) is 13.9. The molecule has 0 bridgehead atoms. The van der Waals surface area contributed by atoms with Crippen LogP contribution in [0.3, 0.4) is 0 Å².